The number of aryl methyl sites for hydroxylation is 1. The highest BCUT2D eigenvalue weighted by Gasteiger charge is 2.31. The number of carbonyl (C=O) groups is 1. The molecule has 2 aliphatic heterocycles. The molecule has 3 heterocycles. The summed E-state index contributed by atoms with van der Waals surface area (Å²) in [5.74, 6) is 2.60. The van der Waals surface area contributed by atoms with Gasteiger partial charge in [0.25, 0.3) is 0 Å². The van der Waals surface area contributed by atoms with E-state index in [0.29, 0.717) is 30.2 Å². The first-order chi connectivity index (χ1) is 11.1. The SMILES string of the molecule is Cc1nccn1CC1CCCN1C(=O)CC(C)C1CCNCC1. The van der Waals surface area contributed by atoms with Gasteiger partial charge >= 0.3 is 0 Å². The maximum Gasteiger partial charge on any atom is 0.223 e. The number of carbonyl (C=O) groups excluding carboxylic acids is 1. The van der Waals surface area contributed by atoms with Crippen LogP contribution >= 0.6 is 0 Å². The maximum absolute atomic E-state index is 12.8. The molecule has 0 aromatic carbocycles. The number of nitrogens with one attached hydrogen (secondary N) is 1. The Kier molecular flexibility index (Phi) is 5.36. The minimum absolute atomic E-state index is 0.343. The minimum atomic E-state index is 0.343. The molecule has 0 aliphatic carbocycles. The predicted octanol–water partition coefficient (Wildman–Crippen LogP) is 2.21. The van der Waals surface area contributed by atoms with Crippen LogP contribution in [0.2, 0.25) is 0 Å². The number of imidazole rings is 1. The first kappa shape index (κ1) is 16.5. The Morgan fingerprint density at radius 2 is 2.17 bits per heavy atom. The van der Waals surface area contributed by atoms with Crippen LogP contribution in [0.25, 0.3) is 0 Å². The van der Waals surface area contributed by atoms with E-state index in [2.05, 4.69) is 26.7 Å². The van der Waals surface area contributed by atoms with Crippen LogP contribution in [-0.4, -0.2) is 46.0 Å². The van der Waals surface area contributed by atoms with Crippen molar-refractivity contribution in [1.82, 2.24) is 19.8 Å². The fraction of sp³-hybridized carbons (Fsp3) is 0.778. The van der Waals surface area contributed by atoms with Gasteiger partial charge in [0.2, 0.25) is 5.91 Å². The zero-order valence-corrected chi connectivity index (χ0v) is 14.5. The molecule has 2 fully saturated rings. The van der Waals surface area contributed by atoms with Crippen LogP contribution in [0.3, 0.4) is 0 Å². The molecular formula is C18H30N4O. The van der Waals surface area contributed by atoms with Crippen LogP contribution in [0, 0.1) is 18.8 Å². The minimum Gasteiger partial charge on any atom is -0.338 e. The molecule has 1 aromatic heterocycles. The fourth-order valence-corrected chi connectivity index (χ4v) is 4.15. The second kappa shape index (κ2) is 7.47. The molecule has 5 heteroatoms. The van der Waals surface area contributed by atoms with Crippen LogP contribution in [0.1, 0.15) is 44.9 Å². The third kappa shape index (κ3) is 3.94. The highest BCUT2D eigenvalue weighted by molar-refractivity contribution is 5.77. The zero-order valence-electron chi connectivity index (χ0n) is 14.5. The summed E-state index contributed by atoms with van der Waals surface area (Å²) in [4.78, 5) is 19.2. The average Bonchev–Trinajstić information content (AvgIpc) is 3.18. The molecule has 3 rings (SSSR count). The topological polar surface area (TPSA) is 50.2 Å². The molecule has 128 valence electrons. The summed E-state index contributed by atoms with van der Waals surface area (Å²) >= 11 is 0. The van der Waals surface area contributed by atoms with E-state index < -0.39 is 0 Å². The standard InChI is InChI=1S/C18H30N4O/c1-14(16-5-7-19-8-6-16)12-18(23)22-10-3-4-17(22)13-21-11-9-20-15(21)2/h9,11,14,16-17,19H,3-8,10,12-13H2,1-2H3. The number of piperidine rings is 1. The normalized spacial score (nSPS) is 24.1. The van der Waals surface area contributed by atoms with Gasteiger partial charge < -0.3 is 14.8 Å². The molecule has 23 heavy (non-hydrogen) atoms. The summed E-state index contributed by atoms with van der Waals surface area (Å²) in [7, 11) is 0. The van der Waals surface area contributed by atoms with Gasteiger partial charge in [0.05, 0.1) is 0 Å². The molecule has 0 bridgehead atoms. The Morgan fingerprint density at radius 1 is 1.39 bits per heavy atom. The smallest absolute Gasteiger partial charge is 0.223 e. The van der Waals surface area contributed by atoms with Gasteiger partial charge in [-0.2, -0.15) is 0 Å². The van der Waals surface area contributed by atoms with Gasteiger partial charge in [-0.1, -0.05) is 6.92 Å². The van der Waals surface area contributed by atoms with Gasteiger partial charge in [0, 0.05) is 37.9 Å². The summed E-state index contributed by atoms with van der Waals surface area (Å²) < 4.78 is 2.17. The monoisotopic (exact) mass is 318 g/mol. The van der Waals surface area contributed by atoms with E-state index in [1.54, 1.807) is 0 Å². The Balaban J connectivity index is 1.56. The number of aromatic nitrogens is 2. The Bertz CT molecular complexity index is 521. The molecule has 0 spiro atoms. The van der Waals surface area contributed by atoms with Gasteiger partial charge in [-0.25, -0.2) is 4.98 Å². The molecule has 2 aliphatic rings. The lowest BCUT2D eigenvalue weighted by Crippen LogP contribution is -2.40. The van der Waals surface area contributed by atoms with E-state index in [0.717, 1.165) is 44.8 Å². The number of rotatable bonds is 5. The number of nitrogens with zero attached hydrogens (tertiary/aromatic N) is 3. The molecule has 0 radical (unpaired) electrons. The third-order valence-corrected chi connectivity index (χ3v) is 5.71. The molecular weight excluding hydrogens is 288 g/mol. The summed E-state index contributed by atoms with van der Waals surface area (Å²) in [5, 5.41) is 3.41. The van der Waals surface area contributed by atoms with Gasteiger partial charge in [0.15, 0.2) is 0 Å². The molecule has 5 nitrogen and oxygen atoms in total. The quantitative estimate of drug-likeness (QED) is 0.905. The van der Waals surface area contributed by atoms with Gasteiger partial charge in [-0.05, 0) is 57.5 Å². The van der Waals surface area contributed by atoms with Crippen molar-refractivity contribution in [2.24, 2.45) is 11.8 Å². The number of likely N-dealkylation sites (tertiary alicyclic amines) is 1. The van der Waals surface area contributed by atoms with Crippen LogP contribution < -0.4 is 5.32 Å². The van der Waals surface area contributed by atoms with E-state index in [4.69, 9.17) is 0 Å². The van der Waals surface area contributed by atoms with Crippen LogP contribution in [0.5, 0.6) is 0 Å². The summed E-state index contributed by atoms with van der Waals surface area (Å²) in [5.41, 5.74) is 0. The van der Waals surface area contributed by atoms with Crippen molar-refractivity contribution in [1.29, 1.82) is 0 Å². The molecule has 1 aromatic rings. The van der Waals surface area contributed by atoms with Gasteiger partial charge in [-0.15, -0.1) is 0 Å². The highest BCUT2D eigenvalue weighted by atomic mass is 16.2. The van der Waals surface area contributed by atoms with Crippen LogP contribution in [-0.2, 0) is 11.3 Å². The number of amides is 1. The van der Waals surface area contributed by atoms with E-state index >= 15 is 0 Å². The maximum atomic E-state index is 12.8. The Labute approximate surface area is 139 Å². The van der Waals surface area contributed by atoms with Crippen molar-refractivity contribution >= 4 is 5.91 Å². The summed E-state index contributed by atoms with van der Waals surface area (Å²) in [6.07, 6.45) is 9.25. The predicted molar refractivity (Wildman–Crippen MR) is 91.1 cm³/mol. The van der Waals surface area contributed by atoms with Gasteiger partial charge in [-0.3, -0.25) is 4.79 Å². The second-order valence-electron chi connectivity index (χ2n) is 7.28. The van der Waals surface area contributed by atoms with E-state index in [9.17, 15) is 4.79 Å². The van der Waals surface area contributed by atoms with Crippen molar-refractivity contribution in [3.8, 4) is 0 Å². The molecule has 2 saturated heterocycles. The van der Waals surface area contributed by atoms with Crippen molar-refractivity contribution in [2.75, 3.05) is 19.6 Å². The molecule has 1 amide bonds. The van der Waals surface area contributed by atoms with Gasteiger partial charge in [0.1, 0.15) is 5.82 Å². The lowest BCUT2D eigenvalue weighted by Gasteiger charge is -2.31. The second-order valence-corrected chi connectivity index (χ2v) is 7.28. The summed E-state index contributed by atoms with van der Waals surface area (Å²) in [6, 6.07) is 0.343. The van der Waals surface area contributed by atoms with E-state index in [1.165, 1.54) is 12.8 Å². The van der Waals surface area contributed by atoms with E-state index in [-0.39, 0.29) is 0 Å². The number of hydrogen-bond acceptors (Lipinski definition) is 3. The third-order valence-electron chi connectivity index (χ3n) is 5.71. The first-order valence-electron chi connectivity index (χ1n) is 9.13. The molecule has 0 saturated carbocycles. The zero-order chi connectivity index (χ0) is 16.2. The lowest BCUT2D eigenvalue weighted by molar-refractivity contribution is -0.133. The van der Waals surface area contributed by atoms with Crippen LogP contribution in [0.15, 0.2) is 12.4 Å². The van der Waals surface area contributed by atoms with Crippen molar-refractivity contribution in [3.63, 3.8) is 0 Å². The first-order valence-corrected chi connectivity index (χ1v) is 9.13. The highest BCUT2D eigenvalue weighted by Crippen LogP contribution is 2.27. The average molecular weight is 318 g/mol. The van der Waals surface area contributed by atoms with Crippen molar-refractivity contribution in [3.05, 3.63) is 18.2 Å². The summed E-state index contributed by atoms with van der Waals surface area (Å²) in [6.45, 7) is 8.32. The Morgan fingerprint density at radius 3 is 2.87 bits per heavy atom. The molecule has 1 N–H and O–H groups in total. The molecule has 2 unspecified atom stereocenters. The van der Waals surface area contributed by atoms with Crippen molar-refractivity contribution in [2.45, 2.75) is 58.5 Å². The largest absolute Gasteiger partial charge is 0.338 e. The Hall–Kier alpha value is -1.36. The van der Waals surface area contributed by atoms with E-state index in [1.807, 2.05) is 19.3 Å². The fourth-order valence-electron chi connectivity index (χ4n) is 4.15. The van der Waals surface area contributed by atoms with Crippen LogP contribution in [0.4, 0.5) is 0 Å². The van der Waals surface area contributed by atoms with Crippen molar-refractivity contribution < 1.29 is 4.79 Å². The lowest BCUT2D eigenvalue weighted by atomic mass is 9.84. The molecule has 2 atom stereocenters. The number of hydrogen-bond donors (Lipinski definition) is 1.